The number of nitrogens with two attached hydrogens (primary N) is 1. The second-order valence-corrected chi connectivity index (χ2v) is 8.25. The third-order valence-electron chi connectivity index (χ3n) is 6.47. The highest BCUT2D eigenvalue weighted by Gasteiger charge is 2.41. The van der Waals surface area contributed by atoms with Crippen LogP contribution in [0.1, 0.15) is 70.6 Å². The summed E-state index contributed by atoms with van der Waals surface area (Å²) in [6, 6.07) is 0.0533. The number of carbonyl (C=O) groups is 2. The van der Waals surface area contributed by atoms with Crippen LogP contribution in [-0.2, 0) is 19.1 Å². The Hall–Kier alpha value is -1.10. The topological polar surface area (TPSA) is 78.6 Å². The van der Waals surface area contributed by atoms with E-state index in [1.807, 2.05) is 0 Å². The average Bonchev–Trinajstić information content (AvgIpc) is 2.66. The Kier molecular flexibility index (Phi) is 6.74. The van der Waals surface area contributed by atoms with E-state index in [0.717, 1.165) is 57.8 Å². The van der Waals surface area contributed by atoms with E-state index in [9.17, 15) is 9.59 Å². The Morgan fingerprint density at radius 2 is 1.24 bits per heavy atom. The maximum atomic E-state index is 12.2. The van der Waals surface area contributed by atoms with E-state index >= 15 is 0 Å². The van der Waals surface area contributed by atoms with E-state index < -0.39 is 0 Å². The van der Waals surface area contributed by atoms with E-state index in [1.165, 1.54) is 12.8 Å². The van der Waals surface area contributed by atoms with Crippen LogP contribution in [0.25, 0.3) is 0 Å². The number of hydrogen-bond acceptors (Lipinski definition) is 5. The van der Waals surface area contributed by atoms with Crippen LogP contribution >= 0.6 is 0 Å². The van der Waals surface area contributed by atoms with E-state index in [4.69, 9.17) is 15.2 Å². The van der Waals surface area contributed by atoms with E-state index in [2.05, 4.69) is 0 Å². The SMILES string of the molecule is N[C@H]1C[C@H](COC(=O)C2CCCCC2)[C@H]1COC(=O)C1CCCCC1. The van der Waals surface area contributed by atoms with Crippen molar-refractivity contribution in [3.63, 3.8) is 0 Å². The summed E-state index contributed by atoms with van der Waals surface area (Å²) in [5.74, 6) is 0.431. The molecule has 0 aromatic heterocycles. The first-order chi connectivity index (χ1) is 12.1. The molecule has 0 aromatic carbocycles. The normalized spacial score (nSPS) is 31.2. The summed E-state index contributed by atoms with van der Waals surface area (Å²) >= 11 is 0. The molecule has 0 aliphatic heterocycles. The van der Waals surface area contributed by atoms with E-state index in [-0.39, 0.29) is 41.7 Å². The fourth-order valence-electron chi connectivity index (χ4n) is 4.58. The van der Waals surface area contributed by atoms with Crippen molar-refractivity contribution in [2.45, 2.75) is 76.7 Å². The van der Waals surface area contributed by atoms with Crippen molar-refractivity contribution in [3.8, 4) is 0 Å². The minimum Gasteiger partial charge on any atom is -0.465 e. The molecule has 0 amide bonds. The maximum absolute atomic E-state index is 12.2. The lowest BCUT2D eigenvalue weighted by Gasteiger charge is -2.42. The molecule has 5 heteroatoms. The highest BCUT2D eigenvalue weighted by Crippen LogP contribution is 2.35. The van der Waals surface area contributed by atoms with Crippen molar-refractivity contribution in [2.24, 2.45) is 29.4 Å². The van der Waals surface area contributed by atoms with Crippen molar-refractivity contribution in [1.29, 1.82) is 0 Å². The van der Waals surface area contributed by atoms with Crippen LogP contribution in [0.2, 0.25) is 0 Å². The Labute approximate surface area is 151 Å². The van der Waals surface area contributed by atoms with Crippen molar-refractivity contribution < 1.29 is 19.1 Å². The van der Waals surface area contributed by atoms with Crippen molar-refractivity contribution in [2.75, 3.05) is 13.2 Å². The Morgan fingerprint density at radius 3 is 1.72 bits per heavy atom. The molecule has 3 aliphatic carbocycles. The van der Waals surface area contributed by atoms with Crippen LogP contribution in [0.4, 0.5) is 0 Å². The molecule has 0 aromatic rings. The van der Waals surface area contributed by atoms with Gasteiger partial charge in [0.2, 0.25) is 0 Å². The Morgan fingerprint density at radius 1 is 0.760 bits per heavy atom. The molecular formula is C20H33NO4. The number of carbonyl (C=O) groups excluding carboxylic acids is 2. The third-order valence-corrected chi connectivity index (χ3v) is 6.47. The fourth-order valence-corrected chi connectivity index (χ4v) is 4.58. The van der Waals surface area contributed by atoms with E-state index in [0.29, 0.717) is 13.2 Å². The van der Waals surface area contributed by atoms with Gasteiger partial charge in [-0.3, -0.25) is 9.59 Å². The van der Waals surface area contributed by atoms with Gasteiger partial charge in [0.1, 0.15) is 0 Å². The molecule has 5 nitrogen and oxygen atoms in total. The van der Waals surface area contributed by atoms with Crippen molar-refractivity contribution in [3.05, 3.63) is 0 Å². The first-order valence-corrected chi connectivity index (χ1v) is 10.2. The second-order valence-electron chi connectivity index (χ2n) is 8.25. The van der Waals surface area contributed by atoms with Crippen LogP contribution in [-0.4, -0.2) is 31.2 Å². The van der Waals surface area contributed by atoms with Gasteiger partial charge in [-0.1, -0.05) is 38.5 Å². The predicted octanol–water partition coefficient (Wildman–Crippen LogP) is 3.20. The predicted molar refractivity (Wildman–Crippen MR) is 94.6 cm³/mol. The van der Waals surface area contributed by atoms with Crippen LogP contribution in [0.15, 0.2) is 0 Å². The second kappa shape index (κ2) is 9.02. The minimum absolute atomic E-state index is 0.0434. The van der Waals surface area contributed by atoms with Crippen LogP contribution in [0.3, 0.4) is 0 Å². The lowest BCUT2D eigenvalue weighted by atomic mass is 9.70. The maximum Gasteiger partial charge on any atom is 0.308 e. The average molecular weight is 351 g/mol. The quantitative estimate of drug-likeness (QED) is 0.744. The molecule has 0 radical (unpaired) electrons. The van der Waals surface area contributed by atoms with Crippen LogP contribution in [0, 0.1) is 23.7 Å². The molecule has 0 saturated heterocycles. The molecule has 3 saturated carbocycles. The van der Waals surface area contributed by atoms with Gasteiger partial charge in [0, 0.05) is 17.9 Å². The molecule has 0 spiro atoms. The van der Waals surface area contributed by atoms with Gasteiger partial charge in [-0.05, 0) is 32.1 Å². The van der Waals surface area contributed by atoms with Gasteiger partial charge in [0.15, 0.2) is 0 Å². The summed E-state index contributed by atoms with van der Waals surface area (Å²) in [5.41, 5.74) is 6.10. The van der Waals surface area contributed by atoms with Gasteiger partial charge < -0.3 is 15.2 Å². The number of esters is 2. The molecule has 3 fully saturated rings. The van der Waals surface area contributed by atoms with Crippen LogP contribution < -0.4 is 5.73 Å². The monoisotopic (exact) mass is 351 g/mol. The van der Waals surface area contributed by atoms with Gasteiger partial charge in [-0.15, -0.1) is 0 Å². The zero-order valence-electron chi connectivity index (χ0n) is 15.3. The zero-order chi connectivity index (χ0) is 17.6. The van der Waals surface area contributed by atoms with Crippen molar-refractivity contribution in [1.82, 2.24) is 0 Å². The molecular weight excluding hydrogens is 318 g/mol. The molecule has 0 bridgehead atoms. The molecule has 25 heavy (non-hydrogen) atoms. The van der Waals surface area contributed by atoms with Gasteiger partial charge in [-0.25, -0.2) is 0 Å². The summed E-state index contributed by atoms with van der Waals surface area (Å²) in [5, 5.41) is 0. The number of hydrogen-bond donors (Lipinski definition) is 1. The first kappa shape index (κ1) is 18.7. The zero-order valence-corrected chi connectivity index (χ0v) is 15.3. The number of ether oxygens (including phenoxy) is 2. The minimum atomic E-state index is -0.0586. The van der Waals surface area contributed by atoms with Gasteiger partial charge in [0.25, 0.3) is 0 Å². The molecule has 3 aliphatic rings. The molecule has 0 heterocycles. The highest BCUT2D eigenvalue weighted by molar-refractivity contribution is 5.73. The highest BCUT2D eigenvalue weighted by atomic mass is 16.5. The lowest BCUT2D eigenvalue weighted by molar-refractivity contribution is -0.159. The Balaban J connectivity index is 1.37. The molecule has 3 atom stereocenters. The summed E-state index contributed by atoms with van der Waals surface area (Å²) in [6.07, 6.45) is 11.7. The molecule has 142 valence electrons. The van der Waals surface area contributed by atoms with Gasteiger partial charge >= 0.3 is 11.9 Å². The fraction of sp³-hybridized carbons (Fsp3) is 0.900. The van der Waals surface area contributed by atoms with Gasteiger partial charge in [-0.2, -0.15) is 0 Å². The summed E-state index contributed by atoms with van der Waals surface area (Å²) in [6.45, 7) is 0.802. The standard InChI is InChI=1S/C20H33NO4/c21-18-11-16(12-24-19(22)14-7-3-1-4-8-14)17(18)13-25-20(23)15-9-5-2-6-10-15/h14-18H,1-13,21H2/t16-,17-,18+/m1/s1. The summed E-state index contributed by atoms with van der Waals surface area (Å²) in [4.78, 5) is 24.3. The molecule has 2 N–H and O–H groups in total. The third kappa shape index (κ3) is 4.96. The smallest absolute Gasteiger partial charge is 0.308 e. The molecule has 3 rings (SSSR count). The van der Waals surface area contributed by atoms with Crippen LogP contribution in [0.5, 0.6) is 0 Å². The van der Waals surface area contributed by atoms with Crippen molar-refractivity contribution >= 4 is 11.9 Å². The summed E-state index contributed by atoms with van der Waals surface area (Å²) < 4.78 is 11.1. The first-order valence-electron chi connectivity index (χ1n) is 10.2. The molecule has 0 unspecified atom stereocenters. The number of rotatable bonds is 6. The van der Waals surface area contributed by atoms with E-state index in [1.54, 1.807) is 0 Å². The van der Waals surface area contributed by atoms with Gasteiger partial charge in [0.05, 0.1) is 25.0 Å². The Bertz CT molecular complexity index is 455. The summed E-state index contributed by atoms with van der Waals surface area (Å²) in [7, 11) is 0. The lowest BCUT2D eigenvalue weighted by Crippen LogP contribution is -2.52. The largest absolute Gasteiger partial charge is 0.465 e.